The molecule has 0 radical (unpaired) electrons. The Hall–Kier alpha value is -2.86. The van der Waals surface area contributed by atoms with Crippen molar-refractivity contribution in [3.8, 4) is 11.8 Å². The number of carboxylic acids is 1. The molecule has 296 valence electrons. The van der Waals surface area contributed by atoms with Crippen LogP contribution in [0.25, 0.3) is 0 Å². The number of nitrogens with zero attached hydrogens (tertiary/aromatic N) is 2. The van der Waals surface area contributed by atoms with Crippen molar-refractivity contribution in [1.29, 1.82) is 0 Å². The fraction of sp³-hybridized carbons (Fsp3) is 0.696. The lowest BCUT2D eigenvalue weighted by atomic mass is 10.1. The molecule has 1 aromatic rings. The zero-order chi connectivity index (χ0) is 37.7. The minimum absolute atomic E-state index is 0.232. The number of rotatable bonds is 36. The average molecular weight is 723 g/mol. The number of likely N-dealkylation sites (N-methyl/N-ethyl adjacent to an activating group) is 1. The van der Waals surface area contributed by atoms with Crippen LogP contribution in [-0.2, 0) is 6.42 Å². The third-order valence-electron chi connectivity index (χ3n) is 9.28. The van der Waals surface area contributed by atoms with E-state index in [-0.39, 0.29) is 5.56 Å². The summed E-state index contributed by atoms with van der Waals surface area (Å²) in [5.41, 5.74) is 0.887. The minimum atomic E-state index is -0.965. The summed E-state index contributed by atoms with van der Waals surface area (Å²) in [6.07, 6.45) is 47.6. The number of ether oxygens (including phenoxy) is 2. The van der Waals surface area contributed by atoms with Crippen LogP contribution in [0.15, 0.2) is 54.7 Å². The van der Waals surface area contributed by atoms with Crippen LogP contribution in [0.2, 0.25) is 0 Å². The molecule has 0 bridgehead atoms. The number of carboxylic acid groups (broad SMARTS) is 1. The zero-order valence-electron chi connectivity index (χ0n) is 34.1. The van der Waals surface area contributed by atoms with Crippen LogP contribution < -0.4 is 9.47 Å². The Labute approximate surface area is 320 Å². The van der Waals surface area contributed by atoms with E-state index in [2.05, 4.69) is 67.4 Å². The quantitative estimate of drug-likeness (QED) is 0.0549. The maximum absolute atomic E-state index is 12.3. The van der Waals surface area contributed by atoms with Crippen LogP contribution in [0.1, 0.15) is 184 Å². The normalized spacial score (nSPS) is 12.1. The Morgan fingerprint density at radius 3 is 1.48 bits per heavy atom. The Balaban J connectivity index is 2.36. The molecule has 0 atom stereocenters. The van der Waals surface area contributed by atoms with Gasteiger partial charge in [-0.1, -0.05) is 140 Å². The number of aromatic nitrogens is 1. The Bertz CT molecular complexity index is 1110. The molecular formula is C46H78N2O4. The van der Waals surface area contributed by atoms with E-state index < -0.39 is 5.97 Å². The van der Waals surface area contributed by atoms with Crippen LogP contribution in [0, 0.1) is 0 Å². The van der Waals surface area contributed by atoms with Crippen molar-refractivity contribution in [3.05, 3.63) is 65.8 Å². The molecule has 52 heavy (non-hydrogen) atoms. The first-order chi connectivity index (χ1) is 25.5. The number of hydrogen-bond acceptors (Lipinski definition) is 5. The minimum Gasteiger partial charge on any atom is -0.478 e. The van der Waals surface area contributed by atoms with Crippen molar-refractivity contribution >= 4 is 5.97 Å². The van der Waals surface area contributed by atoms with Crippen LogP contribution in [0.5, 0.6) is 11.8 Å². The highest BCUT2D eigenvalue weighted by atomic mass is 16.5. The molecule has 0 aliphatic rings. The lowest BCUT2D eigenvalue weighted by Crippen LogP contribution is -2.18. The van der Waals surface area contributed by atoms with Gasteiger partial charge in [-0.15, -0.1) is 0 Å². The third kappa shape index (κ3) is 27.7. The standard InChI is InChI=1S/C46H78N2O4/c1-5-7-9-11-13-15-17-19-21-23-25-27-29-31-33-35-39-51-44-41-43(46(49)50)42(37-38-48(3)4)45(47-44)52-40-36-34-32-30-28-26-24-22-20-18-16-14-12-10-8-6-2/h13-16,19-22,41H,5-12,17-18,23-40H2,1-4H3,(H,49,50)/b15-13-,16-14-,21-19-,22-20-. The summed E-state index contributed by atoms with van der Waals surface area (Å²) in [7, 11) is 3.98. The van der Waals surface area contributed by atoms with Gasteiger partial charge in [0.15, 0.2) is 0 Å². The highest BCUT2D eigenvalue weighted by molar-refractivity contribution is 5.90. The van der Waals surface area contributed by atoms with Crippen molar-refractivity contribution in [2.75, 3.05) is 33.9 Å². The molecule has 0 spiro atoms. The van der Waals surface area contributed by atoms with Gasteiger partial charge in [0.2, 0.25) is 11.8 Å². The number of unbranched alkanes of at least 4 members (excludes halogenated alkanes) is 18. The molecule has 1 aromatic heterocycles. The molecular weight excluding hydrogens is 645 g/mol. The molecule has 0 unspecified atom stereocenters. The van der Waals surface area contributed by atoms with Gasteiger partial charge in [0.05, 0.1) is 18.8 Å². The molecule has 6 nitrogen and oxygen atoms in total. The fourth-order valence-corrected chi connectivity index (χ4v) is 6.01. The van der Waals surface area contributed by atoms with Gasteiger partial charge >= 0.3 is 5.97 Å². The molecule has 0 aliphatic carbocycles. The molecule has 6 heteroatoms. The second-order valence-electron chi connectivity index (χ2n) is 14.5. The first-order valence-electron chi connectivity index (χ1n) is 21.3. The Morgan fingerprint density at radius 1 is 0.615 bits per heavy atom. The van der Waals surface area contributed by atoms with Crippen LogP contribution in [-0.4, -0.2) is 54.8 Å². The molecule has 0 amide bonds. The second kappa shape index (κ2) is 35.2. The third-order valence-corrected chi connectivity index (χ3v) is 9.28. The molecule has 0 aromatic carbocycles. The molecule has 1 N–H and O–H groups in total. The van der Waals surface area contributed by atoms with Gasteiger partial charge in [-0.05, 0) is 97.6 Å². The number of carbonyl (C=O) groups is 1. The molecule has 1 heterocycles. The monoisotopic (exact) mass is 723 g/mol. The van der Waals surface area contributed by atoms with E-state index in [1.807, 2.05) is 19.0 Å². The smallest absolute Gasteiger partial charge is 0.336 e. The Kier molecular flexibility index (Phi) is 31.9. The molecule has 0 aliphatic heterocycles. The molecule has 1 rings (SSSR count). The van der Waals surface area contributed by atoms with Crippen LogP contribution in [0.3, 0.4) is 0 Å². The Morgan fingerprint density at radius 2 is 1.04 bits per heavy atom. The van der Waals surface area contributed by atoms with Crippen molar-refractivity contribution in [2.24, 2.45) is 0 Å². The van der Waals surface area contributed by atoms with E-state index in [4.69, 9.17) is 9.47 Å². The SMILES string of the molecule is CCCCC/C=C\C/C=C\CCCCCCCCOc1cc(C(=O)O)c(CCN(C)C)c(OCCCCCCCC/C=C\C/C=C\CCCCC)n1. The summed E-state index contributed by atoms with van der Waals surface area (Å²) in [5, 5.41) is 10.1. The first-order valence-corrected chi connectivity index (χ1v) is 21.3. The van der Waals surface area contributed by atoms with E-state index >= 15 is 0 Å². The highest BCUT2D eigenvalue weighted by Crippen LogP contribution is 2.27. The fourth-order valence-electron chi connectivity index (χ4n) is 6.01. The van der Waals surface area contributed by atoms with E-state index in [0.717, 1.165) is 57.9 Å². The predicted octanol–water partition coefficient (Wildman–Crippen LogP) is 13.3. The largest absolute Gasteiger partial charge is 0.478 e. The maximum atomic E-state index is 12.3. The lowest BCUT2D eigenvalue weighted by molar-refractivity contribution is 0.0693. The summed E-state index contributed by atoms with van der Waals surface area (Å²) < 4.78 is 12.1. The predicted molar refractivity (Wildman–Crippen MR) is 223 cm³/mol. The summed E-state index contributed by atoms with van der Waals surface area (Å²) in [4.78, 5) is 19.0. The van der Waals surface area contributed by atoms with Crippen molar-refractivity contribution < 1.29 is 19.4 Å². The van der Waals surface area contributed by atoms with Gasteiger partial charge < -0.3 is 19.5 Å². The number of pyridine rings is 1. The summed E-state index contributed by atoms with van der Waals surface area (Å²) >= 11 is 0. The zero-order valence-corrected chi connectivity index (χ0v) is 34.1. The van der Waals surface area contributed by atoms with Gasteiger partial charge in [0, 0.05) is 18.2 Å². The summed E-state index contributed by atoms with van der Waals surface area (Å²) in [5.74, 6) is -0.203. The number of aromatic carboxylic acids is 1. The summed E-state index contributed by atoms with van der Waals surface area (Å²) in [6, 6.07) is 1.58. The number of hydrogen-bond donors (Lipinski definition) is 1. The van der Waals surface area contributed by atoms with E-state index in [0.29, 0.717) is 37.0 Å². The topological polar surface area (TPSA) is 71.9 Å². The lowest BCUT2D eigenvalue weighted by Gasteiger charge is -2.17. The molecule has 0 saturated heterocycles. The van der Waals surface area contributed by atoms with Crippen molar-refractivity contribution in [2.45, 2.75) is 174 Å². The van der Waals surface area contributed by atoms with Crippen molar-refractivity contribution in [3.63, 3.8) is 0 Å². The van der Waals surface area contributed by atoms with Gasteiger partial charge in [0.1, 0.15) is 0 Å². The molecule has 0 saturated carbocycles. The average Bonchev–Trinajstić information content (AvgIpc) is 3.13. The first kappa shape index (κ1) is 47.2. The highest BCUT2D eigenvalue weighted by Gasteiger charge is 2.20. The van der Waals surface area contributed by atoms with Gasteiger partial charge in [-0.3, -0.25) is 0 Å². The number of allylic oxidation sites excluding steroid dienone is 8. The van der Waals surface area contributed by atoms with Gasteiger partial charge in [-0.2, -0.15) is 4.98 Å². The van der Waals surface area contributed by atoms with E-state index in [1.54, 1.807) is 6.07 Å². The van der Waals surface area contributed by atoms with Crippen LogP contribution in [0.4, 0.5) is 0 Å². The summed E-state index contributed by atoms with van der Waals surface area (Å²) in [6.45, 7) is 6.28. The van der Waals surface area contributed by atoms with Gasteiger partial charge in [0.25, 0.3) is 0 Å². The van der Waals surface area contributed by atoms with Crippen LogP contribution >= 0.6 is 0 Å². The second-order valence-corrected chi connectivity index (χ2v) is 14.5. The van der Waals surface area contributed by atoms with Crippen molar-refractivity contribution in [1.82, 2.24) is 9.88 Å². The van der Waals surface area contributed by atoms with E-state index in [1.165, 1.54) is 103 Å². The maximum Gasteiger partial charge on any atom is 0.336 e. The van der Waals surface area contributed by atoms with Gasteiger partial charge in [-0.25, -0.2) is 4.79 Å². The molecule has 0 fully saturated rings. The van der Waals surface area contributed by atoms with E-state index in [9.17, 15) is 9.90 Å².